The molecule has 1 heterocycles. The molecule has 84 valence electrons. The van der Waals surface area contributed by atoms with Crippen LogP contribution in [0.5, 0.6) is 5.75 Å². The summed E-state index contributed by atoms with van der Waals surface area (Å²) in [6.07, 6.45) is 0. The summed E-state index contributed by atoms with van der Waals surface area (Å²) >= 11 is 0. The molecule has 0 unspecified atom stereocenters. The fraction of sp³-hybridized carbons (Fsp3) is 0.133. The predicted molar refractivity (Wildman–Crippen MR) is 67.9 cm³/mol. The Bertz CT molecular complexity index is 561. The minimum absolute atomic E-state index is 0.792. The minimum Gasteiger partial charge on any atom is -0.497 e. The van der Waals surface area contributed by atoms with E-state index in [-0.39, 0.29) is 0 Å². The van der Waals surface area contributed by atoms with Crippen molar-refractivity contribution in [2.45, 2.75) is 6.92 Å². The van der Waals surface area contributed by atoms with Gasteiger partial charge in [-0.25, -0.2) is 4.98 Å². The van der Waals surface area contributed by atoms with Crippen LogP contribution < -0.4 is 4.74 Å². The van der Waals surface area contributed by atoms with Crippen LogP contribution in [0.25, 0.3) is 0 Å². The van der Waals surface area contributed by atoms with Crippen molar-refractivity contribution >= 4 is 0 Å². The van der Waals surface area contributed by atoms with Gasteiger partial charge in [-0.15, -0.1) is 0 Å². The summed E-state index contributed by atoms with van der Waals surface area (Å²) in [4.78, 5) is 4.32. The van der Waals surface area contributed by atoms with Crippen LogP contribution in [-0.2, 0) is 0 Å². The normalized spacial score (nSPS) is 9.29. The van der Waals surface area contributed by atoms with Gasteiger partial charge in [-0.3, -0.25) is 0 Å². The summed E-state index contributed by atoms with van der Waals surface area (Å²) < 4.78 is 5.09. The second-order valence-corrected chi connectivity index (χ2v) is 3.64. The highest BCUT2D eigenvalue weighted by molar-refractivity contribution is 5.42. The summed E-state index contributed by atoms with van der Waals surface area (Å²) in [5.74, 6) is 6.95. The third-order valence-electron chi connectivity index (χ3n) is 2.31. The first kappa shape index (κ1) is 11.2. The number of pyridine rings is 1. The summed E-state index contributed by atoms with van der Waals surface area (Å²) in [6.45, 7) is 1.96. The van der Waals surface area contributed by atoms with Gasteiger partial charge in [-0.05, 0) is 49.2 Å². The van der Waals surface area contributed by atoms with Gasteiger partial charge in [0.2, 0.25) is 0 Å². The molecule has 0 spiro atoms. The second kappa shape index (κ2) is 5.18. The van der Waals surface area contributed by atoms with Gasteiger partial charge in [0.1, 0.15) is 11.4 Å². The zero-order chi connectivity index (χ0) is 12.1. The van der Waals surface area contributed by atoms with Crippen LogP contribution in [0, 0.1) is 18.8 Å². The number of aryl methyl sites for hydroxylation is 1. The maximum atomic E-state index is 5.09. The summed E-state index contributed by atoms with van der Waals surface area (Å²) in [7, 11) is 1.65. The van der Waals surface area contributed by atoms with E-state index >= 15 is 0 Å². The highest BCUT2D eigenvalue weighted by Crippen LogP contribution is 2.10. The Morgan fingerprint density at radius 3 is 2.41 bits per heavy atom. The quantitative estimate of drug-likeness (QED) is 0.693. The Morgan fingerprint density at radius 1 is 1.00 bits per heavy atom. The molecule has 17 heavy (non-hydrogen) atoms. The van der Waals surface area contributed by atoms with Gasteiger partial charge in [0, 0.05) is 11.3 Å². The number of ether oxygens (including phenoxy) is 1. The molecule has 0 radical (unpaired) electrons. The average molecular weight is 223 g/mol. The van der Waals surface area contributed by atoms with E-state index in [0.29, 0.717) is 0 Å². The zero-order valence-corrected chi connectivity index (χ0v) is 9.90. The van der Waals surface area contributed by atoms with Crippen molar-refractivity contribution in [3.63, 3.8) is 0 Å². The topological polar surface area (TPSA) is 22.1 Å². The van der Waals surface area contributed by atoms with E-state index in [9.17, 15) is 0 Å². The van der Waals surface area contributed by atoms with Gasteiger partial charge in [0.05, 0.1) is 7.11 Å². The number of nitrogens with zero attached hydrogens (tertiary/aromatic N) is 1. The molecule has 0 aliphatic carbocycles. The van der Waals surface area contributed by atoms with Crippen molar-refractivity contribution in [2.24, 2.45) is 0 Å². The molecule has 0 aliphatic rings. The highest BCUT2D eigenvalue weighted by Gasteiger charge is 1.91. The van der Waals surface area contributed by atoms with Crippen molar-refractivity contribution in [3.05, 3.63) is 59.4 Å². The standard InChI is InChI=1S/C15H13NO/c1-12-4-3-5-14(16-12)9-6-13-7-10-15(17-2)11-8-13/h3-5,7-8,10-11H,1-2H3. The van der Waals surface area contributed by atoms with E-state index in [1.54, 1.807) is 7.11 Å². The van der Waals surface area contributed by atoms with Crippen LogP contribution in [0.1, 0.15) is 17.0 Å². The minimum atomic E-state index is 0.792. The Balaban J connectivity index is 2.20. The van der Waals surface area contributed by atoms with Gasteiger partial charge in [0.15, 0.2) is 0 Å². The zero-order valence-electron chi connectivity index (χ0n) is 9.90. The molecule has 2 nitrogen and oxygen atoms in total. The molecule has 0 N–H and O–H groups in total. The molecule has 0 saturated carbocycles. The molecule has 0 saturated heterocycles. The number of hydrogen-bond donors (Lipinski definition) is 0. The van der Waals surface area contributed by atoms with E-state index in [4.69, 9.17) is 4.74 Å². The number of benzene rings is 1. The average Bonchev–Trinajstić information content (AvgIpc) is 2.37. The fourth-order valence-electron chi connectivity index (χ4n) is 1.42. The van der Waals surface area contributed by atoms with Gasteiger partial charge >= 0.3 is 0 Å². The summed E-state index contributed by atoms with van der Waals surface area (Å²) in [6, 6.07) is 13.5. The Labute approximate surface area is 101 Å². The molecule has 0 aliphatic heterocycles. The lowest BCUT2D eigenvalue weighted by molar-refractivity contribution is 0.415. The van der Waals surface area contributed by atoms with E-state index < -0.39 is 0 Å². The molecular weight excluding hydrogens is 210 g/mol. The number of aromatic nitrogens is 1. The van der Waals surface area contributed by atoms with Gasteiger partial charge in [-0.1, -0.05) is 12.0 Å². The van der Waals surface area contributed by atoms with Crippen molar-refractivity contribution in [3.8, 4) is 17.6 Å². The van der Waals surface area contributed by atoms with E-state index in [2.05, 4.69) is 16.8 Å². The van der Waals surface area contributed by atoms with Crippen molar-refractivity contribution in [1.29, 1.82) is 0 Å². The summed E-state index contributed by atoms with van der Waals surface area (Å²) in [5.41, 5.74) is 2.72. The predicted octanol–water partition coefficient (Wildman–Crippen LogP) is 2.80. The van der Waals surface area contributed by atoms with Crippen molar-refractivity contribution in [2.75, 3.05) is 7.11 Å². The smallest absolute Gasteiger partial charge is 0.118 e. The Morgan fingerprint density at radius 2 is 1.76 bits per heavy atom. The molecular formula is C15H13NO. The third kappa shape index (κ3) is 3.09. The Kier molecular flexibility index (Phi) is 3.42. The van der Waals surface area contributed by atoms with Crippen molar-refractivity contribution < 1.29 is 4.74 Å². The second-order valence-electron chi connectivity index (χ2n) is 3.64. The molecule has 1 aromatic heterocycles. The van der Waals surface area contributed by atoms with Crippen LogP contribution in [0.4, 0.5) is 0 Å². The molecule has 1 aromatic carbocycles. The lowest BCUT2D eigenvalue weighted by atomic mass is 10.2. The van der Waals surface area contributed by atoms with Crippen LogP contribution in [0.15, 0.2) is 42.5 Å². The first-order valence-corrected chi connectivity index (χ1v) is 5.37. The first-order chi connectivity index (χ1) is 8.28. The van der Waals surface area contributed by atoms with E-state index in [0.717, 1.165) is 22.7 Å². The molecule has 2 aromatic rings. The largest absolute Gasteiger partial charge is 0.497 e. The molecule has 0 amide bonds. The number of methoxy groups -OCH3 is 1. The van der Waals surface area contributed by atoms with Crippen LogP contribution in [0.3, 0.4) is 0 Å². The van der Waals surface area contributed by atoms with E-state index in [1.165, 1.54) is 0 Å². The Hall–Kier alpha value is -2.27. The summed E-state index contributed by atoms with van der Waals surface area (Å²) in [5, 5.41) is 0. The third-order valence-corrected chi connectivity index (χ3v) is 2.31. The number of hydrogen-bond acceptors (Lipinski definition) is 2. The van der Waals surface area contributed by atoms with E-state index in [1.807, 2.05) is 49.4 Å². The first-order valence-electron chi connectivity index (χ1n) is 5.37. The molecule has 0 fully saturated rings. The van der Waals surface area contributed by atoms with Gasteiger partial charge in [-0.2, -0.15) is 0 Å². The molecule has 0 atom stereocenters. The lowest BCUT2D eigenvalue weighted by Crippen LogP contribution is -1.85. The lowest BCUT2D eigenvalue weighted by Gasteiger charge is -1.97. The molecule has 2 heteroatoms. The highest BCUT2D eigenvalue weighted by atomic mass is 16.5. The van der Waals surface area contributed by atoms with Gasteiger partial charge < -0.3 is 4.74 Å². The number of rotatable bonds is 1. The SMILES string of the molecule is COc1ccc(C#Cc2cccc(C)n2)cc1. The maximum Gasteiger partial charge on any atom is 0.118 e. The van der Waals surface area contributed by atoms with Crippen molar-refractivity contribution in [1.82, 2.24) is 4.98 Å². The molecule has 0 bridgehead atoms. The monoisotopic (exact) mass is 223 g/mol. The van der Waals surface area contributed by atoms with Crippen LogP contribution in [-0.4, -0.2) is 12.1 Å². The van der Waals surface area contributed by atoms with Crippen LogP contribution in [0.2, 0.25) is 0 Å². The van der Waals surface area contributed by atoms with Gasteiger partial charge in [0.25, 0.3) is 0 Å². The maximum absolute atomic E-state index is 5.09. The molecule has 2 rings (SSSR count). The van der Waals surface area contributed by atoms with Crippen LogP contribution >= 0.6 is 0 Å². The fourth-order valence-corrected chi connectivity index (χ4v) is 1.42.